The molecular formula is C68H110N8O15. The van der Waals surface area contributed by atoms with Gasteiger partial charge in [-0.25, -0.2) is 4.79 Å². The van der Waals surface area contributed by atoms with Crippen LogP contribution in [-0.4, -0.2) is 133 Å². The molecule has 0 aliphatic carbocycles. The van der Waals surface area contributed by atoms with Crippen LogP contribution in [0.15, 0.2) is 48.5 Å². The van der Waals surface area contributed by atoms with Crippen LogP contribution in [0.5, 0.6) is 11.5 Å². The van der Waals surface area contributed by atoms with Crippen LogP contribution in [0.25, 0.3) is 0 Å². The van der Waals surface area contributed by atoms with E-state index in [1.807, 2.05) is 58.9 Å². The molecule has 23 heteroatoms. The molecule has 1 unspecified atom stereocenters. The van der Waals surface area contributed by atoms with Crippen LogP contribution in [0.4, 0.5) is 0 Å². The summed E-state index contributed by atoms with van der Waals surface area (Å²) >= 11 is 0. The zero-order valence-corrected chi connectivity index (χ0v) is 56.9. The summed E-state index contributed by atoms with van der Waals surface area (Å²) in [5.74, 6) is -8.28. The molecule has 7 amide bonds. The number of carboxylic acid groups (broad SMARTS) is 1. The lowest BCUT2D eigenvalue weighted by Crippen LogP contribution is -2.61. The number of rotatable bonds is 43. The first-order valence-corrected chi connectivity index (χ1v) is 32.6. The fraction of sp³-hybridized carbons (Fsp3) is 0.676. The summed E-state index contributed by atoms with van der Waals surface area (Å²) in [5.41, 5.74) is 6.81. The molecule has 2 rings (SSSR count). The average molecular weight is 1280 g/mol. The minimum absolute atomic E-state index is 0.0499. The van der Waals surface area contributed by atoms with Crippen molar-refractivity contribution in [3.63, 3.8) is 0 Å². The molecule has 0 radical (unpaired) electrons. The lowest BCUT2D eigenvalue weighted by Gasteiger charge is -2.30. The third-order valence-electron chi connectivity index (χ3n) is 15.4. The number of esters is 2. The summed E-state index contributed by atoms with van der Waals surface area (Å²) in [4.78, 5) is 137. The predicted octanol–water partition coefficient (Wildman–Crippen LogP) is 7.78. The van der Waals surface area contributed by atoms with E-state index in [0.29, 0.717) is 30.8 Å². The summed E-state index contributed by atoms with van der Waals surface area (Å²) in [6, 6.07) is 4.65. The highest BCUT2D eigenvalue weighted by atomic mass is 16.6. The minimum atomic E-state index is -1.66. The smallest absolute Gasteiger partial charge is 0.329 e. The molecule has 0 saturated carbocycles. The molecule has 9 atom stereocenters. The molecule has 0 fully saturated rings. The first-order valence-electron chi connectivity index (χ1n) is 32.6. The van der Waals surface area contributed by atoms with Crippen LogP contribution in [-0.2, 0) is 57.4 Å². The van der Waals surface area contributed by atoms with Crippen molar-refractivity contribution in [1.29, 1.82) is 0 Å². The van der Waals surface area contributed by atoms with Gasteiger partial charge < -0.3 is 67.0 Å². The van der Waals surface area contributed by atoms with Crippen LogP contribution < -0.4 is 52.4 Å². The zero-order valence-electron chi connectivity index (χ0n) is 56.9. The Hall–Kier alpha value is -7.30. The molecule has 23 nitrogen and oxygen atoms in total. The van der Waals surface area contributed by atoms with E-state index in [4.69, 9.17) is 24.7 Å². The van der Waals surface area contributed by atoms with Gasteiger partial charge in [-0.3, -0.25) is 43.2 Å². The molecule has 2 aromatic carbocycles. The van der Waals surface area contributed by atoms with Gasteiger partial charge in [0.2, 0.25) is 41.4 Å². The summed E-state index contributed by atoms with van der Waals surface area (Å²) in [6.45, 7) is 22.5. The fourth-order valence-corrected chi connectivity index (χ4v) is 10.0. The number of ether oxygens (including phenoxy) is 4. The number of carboxylic acids is 1. The fourth-order valence-electron chi connectivity index (χ4n) is 10.0. The lowest BCUT2D eigenvalue weighted by molar-refractivity contribution is -0.159. The number of carbonyl (C=O) groups excluding carboxylic acids is 9. The molecule has 0 aromatic heterocycles. The number of hydrogen-bond acceptors (Lipinski definition) is 15. The van der Waals surface area contributed by atoms with Crippen molar-refractivity contribution in [2.75, 3.05) is 14.2 Å². The summed E-state index contributed by atoms with van der Waals surface area (Å²) < 4.78 is 22.0. The molecular weight excluding hydrogens is 1170 g/mol. The summed E-state index contributed by atoms with van der Waals surface area (Å²) in [6.07, 6.45) is 8.05. The van der Waals surface area contributed by atoms with Gasteiger partial charge in [-0.15, -0.1) is 0 Å². The number of benzene rings is 2. The van der Waals surface area contributed by atoms with E-state index in [1.165, 1.54) is 32.6 Å². The number of methoxy groups -OCH3 is 2. The minimum Gasteiger partial charge on any atom is -0.497 e. The molecule has 0 heterocycles. The largest absolute Gasteiger partial charge is 0.497 e. The van der Waals surface area contributed by atoms with Crippen molar-refractivity contribution in [1.82, 2.24) is 37.2 Å². The second-order valence-electron chi connectivity index (χ2n) is 26.0. The van der Waals surface area contributed by atoms with Gasteiger partial charge in [0.25, 0.3) is 0 Å². The van der Waals surface area contributed by atoms with Gasteiger partial charge in [0.1, 0.15) is 59.5 Å². The van der Waals surface area contributed by atoms with E-state index < -0.39 is 144 Å². The number of carbonyl (C=O) groups is 10. The van der Waals surface area contributed by atoms with Crippen LogP contribution >= 0.6 is 0 Å². The third-order valence-corrected chi connectivity index (χ3v) is 15.4. The van der Waals surface area contributed by atoms with E-state index in [0.717, 1.165) is 36.8 Å². The zero-order chi connectivity index (χ0) is 68.5. The van der Waals surface area contributed by atoms with Gasteiger partial charge in [0.05, 0.1) is 39.1 Å². The Bertz CT molecular complexity index is 2560. The van der Waals surface area contributed by atoms with E-state index in [9.17, 15) is 53.1 Å². The molecule has 0 bridgehead atoms. The van der Waals surface area contributed by atoms with Gasteiger partial charge in [-0.1, -0.05) is 144 Å². The number of unbranched alkanes of at least 4 members (excludes halogenated alkanes) is 8. The predicted molar refractivity (Wildman–Crippen MR) is 348 cm³/mol. The Morgan fingerprint density at radius 2 is 0.989 bits per heavy atom. The van der Waals surface area contributed by atoms with E-state index >= 15 is 0 Å². The number of amides is 7. The van der Waals surface area contributed by atoms with Crippen molar-refractivity contribution in [3.8, 4) is 11.5 Å². The van der Waals surface area contributed by atoms with Crippen LogP contribution in [0, 0.1) is 23.7 Å². The summed E-state index contributed by atoms with van der Waals surface area (Å²) in [5, 5.41) is 28.7. The Morgan fingerprint density at radius 3 is 1.44 bits per heavy atom. The molecule has 512 valence electrons. The van der Waals surface area contributed by atoms with E-state index in [-0.39, 0.29) is 37.5 Å². The summed E-state index contributed by atoms with van der Waals surface area (Å²) in [7, 11) is 3.10. The number of nitrogens with two attached hydrogens (primary N) is 1. The number of aliphatic carboxylic acids is 1. The Kier molecular flexibility index (Phi) is 36.2. The Balaban J connectivity index is 2.28. The molecule has 0 saturated heterocycles. The van der Waals surface area contributed by atoms with Crippen LogP contribution in [0.3, 0.4) is 0 Å². The van der Waals surface area contributed by atoms with Crippen molar-refractivity contribution >= 4 is 59.3 Å². The highest BCUT2D eigenvalue weighted by molar-refractivity contribution is 5.98. The first kappa shape index (κ1) is 79.8. The van der Waals surface area contributed by atoms with Crippen LogP contribution in [0.2, 0.25) is 0 Å². The Labute approximate surface area is 540 Å². The molecule has 10 N–H and O–H groups in total. The maximum Gasteiger partial charge on any atom is 0.329 e. The maximum atomic E-state index is 14.5. The monoisotopic (exact) mass is 1280 g/mol. The van der Waals surface area contributed by atoms with Crippen molar-refractivity contribution < 1.29 is 72.0 Å². The molecule has 0 aliphatic heterocycles. The third kappa shape index (κ3) is 31.1. The number of hydrogen-bond donors (Lipinski definition) is 9. The van der Waals surface area contributed by atoms with E-state index in [2.05, 4.69) is 44.1 Å². The molecule has 2 aromatic rings. The van der Waals surface area contributed by atoms with E-state index in [1.54, 1.807) is 80.0 Å². The van der Waals surface area contributed by atoms with Crippen molar-refractivity contribution in [2.24, 2.45) is 29.4 Å². The molecule has 0 spiro atoms. The highest BCUT2D eigenvalue weighted by Gasteiger charge is 2.38. The molecule has 0 aliphatic rings. The second-order valence-corrected chi connectivity index (χ2v) is 26.0. The SMILES string of the molecule is CCCCCCCCCCCC(CC(=O)O)OC(=O)[C@@H](NC(=O)[C@@H](CC(C)C)NC(=O)[C@H](CC(=O)OC(C)(C)C)NC(=O)[C@@H](NC(=O)[C@@H](CC(C)C)NC(=O)[C@H](C)NC(=O)[C@@H](N)CCC(=O)NC(c1ccc(OC)cc1)c1ccc(OC)cc1)C(C)C)[C@@H](C)CC. The normalized spacial score (nSPS) is 14.5. The number of nitrogens with one attached hydrogen (secondary N) is 7. The highest BCUT2D eigenvalue weighted by Crippen LogP contribution is 2.27. The quantitative estimate of drug-likeness (QED) is 0.0226. The van der Waals surface area contributed by atoms with Gasteiger partial charge >= 0.3 is 17.9 Å². The van der Waals surface area contributed by atoms with Gasteiger partial charge in [-0.05, 0) is 119 Å². The lowest BCUT2D eigenvalue weighted by atomic mass is 9.97. The van der Waals surface area contributed by atoms with Gasteiger partial charge in [-0.2, -0.15) is 0 Å². The second kappa shape index (κ2) is 41.2. The first-order chi connectivity index (χ1) is 42.8. The van der Waals surface area contributed by atoms with Gasteiger partial charge in [0, 0.05) is 6.42 Å². The van der Waals surface area contributed by atoms with Crippen LogP contribution in [0.1, 0.15) is 216 Å². The van der Waals surface area contributed by atoms with Gasteiger partial charge in [0.15, 0.2) is 0 Å². The maximum absolute atomic E-state index is 14.5. The average Bonchev–Trinajstić information content (AvgIpc) is 1.49. The topological polar surface area (TPSA) is 338 Å². The Morgan fingerprint density at radius 1 is 0.527 bits per heavy atom. The molecule has 91 heavy (non-hydrogen) atoms. The van der Waals surface area contributed by atoms with Crippen molar-refractivity contribution in [2.45, 2.75) is 259 Å². The van der Waals surface area contributed by atoms with Crippen molar-refractivity contribution in [3.05, 3.63) is 59.7 Å². The standard InChI is InChI=1S/C68H110N8O15/c1-16-18-19-20-21-22-23-24-25-26-50(39-56(78)79)90-67(87)59(44(9)17-2)76-65(85)53(38-42(5)6)72-63(83)54(40-57(80)91-68(11,12)13)73-66(86)58(43(7)8)75-64(84)52(37-41(3)4)71-61(81)45(10)70-62(82)51(69)35-36-55(77)74-60(46-27-31-48(88-14)32-28-46)47-29-33-49(89-15)34-30-47/h27-34,41-45,50-54,58-60H,16-26,35-40,69H2,1-15H3,(H,70,82)(H,71,81)(H,72,83)(H,73,86)(H,74,77)(H,75,84)(H,76,85)(H,78,79)/t44-,45-,50?,51-,52+,53+,54-,58-,59-/m0/s1.